The van der Waals surface area contributed by atoms with Crippen molar-refractivity contribution >= 4 is 15.7 Å². The molecule has 7 nitrogen and oxygen atoms in total. The number of sulfone groups is 1. The first-order valence-corrected chi connectivity index (χ1v) is 9.83. The Hall–Kier alpha value is -1.67. The summed E-state index contributed by atoms with van der Waals surface area (Å²) in [7, 11) is -3.23. The average Bonchev–Trinajstić information content (AvgIpc) is 2.54. The standard InChI is InChI=1S/C16H22N2O5S/c1-11(2)23-15-12(4-3-6-17-15)16(19)18-7-9-24(20,21)14-10-22-8-5-13(14)18/h3-4,6,11,13-14H,5,7-10H2,1-2H3/t13-,14+/m1/s1. The molecule has 0 bridgehead atoms. The highest BCUT2D eigenvalue weighted by Crippen LogP contribution is 2.29. The van der Waals surface area contributed by atoms with Gasteiger partial charge in [0.25, 0.3) is 5.91 Å². The predicted molar refractivity (Wildman–Crippen MR) is 87.8 cm³/mol. The van der Waals surface area contributed by atoms with Crippen LogP contribution < -0.4 is 4.74 Å². The monoisotopic (exact) mass is 354 g/mol. The van der Waals surface area contributed by atoms with E-state index in [1.807, 2.05) is 13.8 Å². The molecule has 1 aromatic rings. The summed E-state index contributed by atoms with van der Waals surface area (Å²) in [6.07, 6.45) is 1.99. The normalized spacial score (nSPS) is 26.0. The van der Waals surface area contributed by atoms with Gasteiger partial charge < -0.3 is 14.4 Å². The number of nitrogens with zero attached hydrogens (tertiary/aromatic N) is 2. The van der Waals surface area contributed by atoms with Crippen molar-refractivity contribution in [1.29, 1.82) is 0 Å². The second-order valence-electron chi connectivity index (χ2n) is 6.36. The van der Waals surface area contributed by atoms with Crippen molar-refractivity contribution in [2.75, 3.05) is 25.5 Å². The summed E-state index contributed by atoms with van der Waals surface area (Å²) in [5, 5.41) is -0.643. The van der Waals surface area contributed by atoms with Crippen molar-refractivity contribution in [3.8, 4) is 5.88 Å². The summed E-state index contributed by atoms with van der Waals surface area (Å²) in [5.41, 5.74) is 0.371. The van der Waals surface area contributed by atoms with Gasteiger partial charge in [-0.2, -0.15) is 0 Å². The molecule has 132 valence electrons. The van der Waals surface area contributed by atoms with Crippen LogP contribution in [-0.2, 0) is 14.6 Å². The smallest absolute Gasteiger partial charge is 0.259 e. The first kappa shape index (κ1) is 17.2. The quantitative estimate of drug-likeness (QED) is 0.802. The molecule has 0 aliphatic carbocycles. The lowest BCUT2D eigenvalue weighted by atomic mass is 10.0. The lowest BCUT2D eigenvalue weighted by molar-refractivity contribution is 0.0291. The van der Waals surface area contributed by atoms with Crippen LogP contribution in [0.5, 0.6) is 5.88 Å². The minimum absolute atomic E-state index is 0.0378. The topological polar surface area (TPSA) is 85.8 Å². The third-order valence-corrected chi connectivity index (χ3v) is 6.48. The number of fused-ring (bicyclic) bond motifs is 1. The van der Waals surface area contributed by atoms with Crippen molar-refractivity contribution in [1.82, 2.24) is 9.88 Å². The molecule has 24 heavy (non-hydrogen) atoms. The Labute approximate surface area is 141 Å². The first-order chi connectivity index (χ1) is 11.4. The van der Waals surface area contributed by atoms with Crippen LogP contribution in [0.1, 0.15) is 30.6 Å². The Morgan fingerprint density at radius 1 is 1.46 bits per heavy atom. The highest BCUT2D eigenvalue weighted by Gasteiger charge is 2.45. The second-order valence-corrected chi connectivity index (χ2v) is 8.70. The molecule has 0 unspecified atom stereocenters. The van der Waals surface area contributed by atoms with Crippen molar-refractivity contribution in [2.45, 2.75) is 37.7 Å². The summed E-state index contributed by atoms with van der Waals surface area (Å²) in [6.45, 7) is 4.54. The van der Waals surface area contributed by atoms with Gasteiger partial charge in [0.15, 0.2) is 9.84 Å². The largest absolute Gasteiger partial charge is 0.474 e. The zero-order valence-corrected chi connectivity index (χ0v) is 14.7. The lowest BCUT2D eigenvalue weighted by Crippen LogP contribution is -2.60. The van der Waals surface area contributed by atoms with Crippen LogP contribution in [0.3, 0.4) is 0 Å². The van der Waals surface area contributed by atoms with E-state index in [0.717, 1.165) is 0 Å². The van der Waals surface area contributed by atoms with E-state index in [9.17, 15) is 13.2 Å². The van der Waals surface area contributed by atoms with Gasteiger partial charge in [-0.1, -0.05) is 0 Å². The molecule has 0 N–H and O–H groups in total. The number of carbonyl (C=O) groups excluding carboxylic acids is 1. The molecule has 1 amide bonds. The van der Waals surface area contributed by atoms with Gasteiger partial charge in [-0.3, -0.25) is 4.79 Å². The Balaban J connectivity index is 1.90. The maximum Gasteiger partial charge on any atom is 0.259 e. The Morgan fingerprint density at radius 2 is 2.25 bits per heavy atom. The number of rotatable bonds is 3. The molecule has 2 aliphatic rings. The summed E-state index contributed by atoms with van der Waals surface area (Å²) in [6, 6.07) is 3.00. The molecule has 0 radical (unpaired) electrons. The van der Waals surface area contributed by atoms with Crippen LogP contribution in [0.25, 0.3) is 0 Å². The van der Waals surface area contributed by atoms with E-state index in [1.54, 1.807) is 23.2 Å². The zero-order valence-electron chi connectivity index (χ0n) is 13.8. The minimum Gasteiger partial charge on any atom is -0.474 e. The molecule has 0 spiro atoms. The van der Waals surface area contributed by atoms with Crippen LogP contribution in [0.15, 0.2) is 18.3 Å². The third-order valence-electron chi connectivity index (χ3n) is 4.36. The van der Waals surface area contributed by atoms with Crippen LogP contribution in [0, 0.1) is 0 Å². The summed E-state index contributed by atoms with van der Waals surface area (Å²) in [4.78, 5) is 18.8. The van der Waals surface area contributed by atoms with Gasteiger partial charge >= 0.3 is 0 Å². The Kier molecular flexibility index (Phi) is 4.78. The fourth-order valence-corrected chi connectivity index (χ4v) is 5.04. The van der Waals surface area contributed by atoms with Gasteiger partial charge in [0.05, 0.1) is 24.5 Å². The molecule has 0 aromatic carbocycles. The van der Waals surface area contributed by atoms with E-state index in [-0.39, 0.29) is 42.8 Å². The van der Waals surface area contributed by atoms with Crippen LogP contribution in [-0.4, -0.2) is 67.1 Å². The highest BCUT2D eigenvalue weighted by atomic mass is 32.2. The molecular formula is C16H22N2O5S. The van der Waals surface area contributed by atoms with E-state index >= 15 is 0 Å². The highest BCUT2D eigenvalue weighted by molar-refractivity contribution is 7.92. The SMILES string of the molecule is CC(C)Oc1ncccc1C(=O)N1CCS(=O)(=O)[C@H]2COCC[C@H]21. The first-order valence-electron chi connectivity index (χ1n) is 8.12. The van der Waals surface area contributed by atoms with E-state index in [2.05, 4.69) is 4.98 Å². The van der Waals surface area contributed by atoms with Crippen molar-refractivity contribution in [3.63, 3.8) is 0 Å². The van der Waals surface area contributed by atoms with Gasteiger partial charge in [-0.25, -0.2) is 13.4 Å². The predicted octanol–water partition coefficient (Wildman–Crippen LogP) is 0.897. The van der Waals surface area contributed by atoms with Crippen LogP contribution in [0.4, 0.5) is 0 Å². The molecule has 3 rings (SSSR count). The Bertz CT molecular complexity index is 719. The Morgan fingerprint density at radius 3 is 3.00 bits per heavy atom. The van der Waals surface area contributed by atoms with Gasteiger partial charge in [0.1, 0.15) is 10.8 Å². The summed E-state index contributed by atoms with van der Waals surface area (Å²) in [5.74, 6) is 0.0178. The van der Waals surface area contributed by atoms with E-state index in [0.29, 0.717) is 18.6 Å². The fourth-order valence-electron chi connectivity index (χ4n) is 3.22. The number of pyridine rings is 1. The molecule has 1 aromatic heterocycles. The van der Waals surface area contributed by atoms with Crippen molar-refractivity contribution in [3.05, 3.63) is 23.9 Å². The van der Waals surface area contributed by atoms with Crippen LogP contribution >= 0.6 is 0 Å². The zero-order chi connectivity index (χ0) is 17.3. The fraction of sp³-hybridized carbons (Fsp3) is 0.625. The summed E-state index contributed by atoms with van der Waals surface area (Å²) >= 11 is 0. The van der Waals surface area contributed by atoms with Gasteiger partial charge in [0.2, 0.25) is 5.88 Å². The number of hydrogen-bond donors (Lipinski definition) is 0. The molecule has 2 saturated heterocycles. The minimum atomic E-state index is -3.23. The summed E-state index contributed by atoms with van der Waals surface area (Å²) < 4.78 is 35.5. The maximum atomic E-state index is 13.0. The number of amides is 1. The van der Waals surface area contributed by atoms with Crippen LogP contribution in [0.2, 0.25) is 0 Å². The molecule has 2 fully saturated rings. The molecule has 3 heterocycles. The average molecular weight is 354 g/mol. The second kappa shape index (κ2) is 6.68. The lowest BCUT2D eigenvalue weighted by Gasteiger charge is -2.43. The number of hydrogen-bond acceptors (Lipinski definition) is 6. The third kappa shape index (κ3) is 3.25. The van der Waals surface area contributed by atoms with Gasteiger partial charge in [-0.05, 0) is 32.4 Å². The van der Waals surface area contributed by atoms with Gasteiger partial charge in [-0.15, -0.1) is 0 Å². The molecule has 8 heteroatoms. The maximum absolute atomic E-state index is 13.0. The van der Waals surface area contributed by atoms with Crippen molar-refractivity contribution in [2.24, 2.45) is 0 Å². The van der Waals surface area contributed by atoms with E-state index < -0.39 is 15.1 Å². The van der Waals surface area contributed by atoms with Gasteiger partial charge in [0, 0.05) is 19.3 Å². The molecule has 0 saturated carbocycles. The number of aromatic nitrogens is 1. The molecule has 2 atom stereocenters. The van der Waals surface area contributed by atoms with Crippen molar-refractivity contribution < 1.29 is 22.7 Å². The number of ether oxygens (including phenoxy) is 2. The van der Waals surface area contributed by atoms with E-state index in [1.165, 1.54) is 0 Å². The van der Waals surface area contributed by atoms with E-state index in [4.69, 9.17) is 9.47 Å². The molecular weight excluding hydrogens is 332 g/mol. The number of carbonyl (C=O) groups is 1. The molecule has 2 aliphatic heterocycles.